The predicted octanol–water partition coefficient (Wildman–Crippen LogP) is 3.20. The highest BCUT2D eigenvalue weighted by Crippen LogP contribution is 2.15. The average Bonchev–Trinajstić information content (AvgIpc) is 3.10. The Morgan fingerprint density at radius 3 is 2.79 bits per heavy atom. The number of aromatic nitrogens is 1. The van der Waals surface area contributed by atoms with Gasteiger partial charge in [0.1, 0.15) is 5.82 Å². The van der Waals surface area contributed by atoms with Gasteiger partial charge in [0.25, 0.3) is 5.91 Å². The molecule has 1 amide bonds. The van der Waals surface area contributed by atoms with Crippen LogP contribution in [0, 0.1) is 11.6 Å². The second-order valence-electron chi connectivity index (χ2n) is 5.53. The van der Waals surface area contributed by atoms with Gasteiger partial charge in [0.15, 0.2) is 11.6 Å². The Balaban J connectivity index is 1.56. The molecular formula is C17H17F2N3O2. The van der Waals surface area contributed by atoms with Crippen LogP contribution in [-0.4, -0.2) is 30.1 Å². The van der Waals surface area contributed by atoms with Crippen molar-refractivity contribution in [2.24, 2.45) is 0 Å². The van der Waals surface area contributed by atoms with Crippen LogP contribution in [0.25, 0.3) is 0 Å². The third-order valence-corrected chi connectivity index (χ3v) is 3.74. The lowest BCUT2D eigenvalue weighted by atomic mass is 10.2. The maximum absolute atomic E-state index is 13.2. The Kier molecular flexibility index (Phi) is 5.00. The van der Waals surface area contributed by atoms with Crippen molar-refractivity contribution in [3.05, 3.63) is 53.7 Å². The van der Waals surface area contributed by atoms with Crippen molar-refractivity contribution in [1.29, 1.82) is 0 Å². The molecule has 0 spiro atoms. The fourth-order valence-electron chi connectivity index (χ4n) is 2.44. The first-order chi connectivity index (χ1) is 11.6. The van der Waals surface area contributed by atoms with Crippen LogP contribution < -0.4 is 10.6 Å². The van der Waals surface area contributed by atoms with Crippen molar-refractivity contribution in [2.45, 2.75) is 18.9 Å². The van der Waals surface area contributed by atoms with Crippen molar-refractivity contribution in [3.8, 4) is 0 Å². The second kappa shape index (κ2) is 7.35. The molecule has 1 aliphatic rings. The first-order valence-corrected chi connectivity index (χ1v) is 7.70. The zero-order valence-electron chi connectivity index (χ0n) is 12.9. The van der Waals surface area contributed by atoms with Gasteiger partial charge in [-0.05, 0) is 43.2 Å². The van der Waals surface area contributed by atoms with Crippen molar-refractivity contribution < 1.29 is 18.3 Å². The van der Waals surface area contributed by atoms with E-state index in [4.69, 9.17) is 4.74 Å². The number of amides is 1. The molecule has 0 saturated carbocycles. The number of hydrogen-bond donors (Lipinski definition) is 2. The number of rotatable bonds is 5. The van der Waals surface area contributed by atoms with Gasteiger partial charge >= 0.3 is 0 Å². The van der Waals surface area contributed by atoms with Gasteiger partial charge in [-0.25, -0.2) is 13.8 Å². The average molecular weight is 333 g/mol. The molecule has 0 bridgehead atoms. The molecular weight excluding hydrogens is 316 g/mol. The lowest BCUT2D eigenvalue weighted by molar-refractivity contribution is 0.102. The van der Waals surface area contributed by atoms with E-state index in [1.54, 1.807) is 12.1 Å². The maximum Gasteiger partial charge on any atom is 0.255 e. The largest absolute Gasteiger partial charge is 0.376 e. The van der Waals surface area contributed by atoms with E-state index in [0.29, 0.717) is 18.1 Å². The summed E-state index contributed by atoms with van der Waals surface area (Å²) < 4.78 is 31.6. The third-order valence-electron chi connectivity index (χ3n) is 3.74. The summed E-state index contributed by atoms with van der Waals surface area (Å²) in [5.41, 5.74) is 0.502. The van der Waals surface area contributed by atoms with Gasteiger partial charge in [-0.2, -0.15) is 0 Å². The van der Waals surface area contributed by atoms with Crippen molar-refractivity contribution >= 4 is 17.4 Å². The molecule has 7 heteroatoms. The van der Waals surface area contributed by atoms with E-state index < -0.39 is 17.5 Å². The van der Waals surface area contributed by atoms with E-state index in [1.807, 2.05) is 0 Å². The molecule has 1 atom stereocenters. The van der Waals surface area contributed by atoms with Crippen LogP contribution in [0.4, 0.5) is 20.3 Å². The monoisotopic (exact) mass is 333 g/mol. The summed E-state index contributed by atoms with van der Waals surface area (Å²) in [7, 11) is 0. The summed E-state index contributed by atoms with van der Waals surface area (Å²) >= 11 is 0. The maximum atomic E-state index is 13.2. The highest BCUT2D eigenvalue weighted by atomic mass is 19.2. The highest BCUT2D eigenvalue weighted by molar-refractivity contribution is 6.04. The molecule has 0 aliphatic carbocycles. The summed E-state index contributed by atoms with van der Waals surface area (Å²) in [6.45, 7) is 1.49. The van der Waals surface area contributed by atoms with Crippen LogP contribution in [-0.2, 0) is 4.74 Å². The molecule has 5 nitrogen and oxygen atoms in total. The summed E-state index contributed by atoms with van der Waals surface area (Å²) in [4.78, 5) is 16.2. The Morgan fingerprint density at radius 1 is 1.25 bits per heavy atom. The minimum Gasteiger partial charge on any atom is -0.376 e. The normalized spacial score (nSPS) is 16.8. The number of nitrogens with one attached hydrogen (secondary N) is 2. The standard InChI is InChI=1S/C17H17F2N3O2/c18-14-5-3-11(8-15(14)19)17(23)22-12-4-6-16(20-9-12)21-10-13-2-1-7-24-13/h3-6,8-9,13H,1-2,7,10H2,(H,20,21)(H,22,23). The van der Waals surface area contributed by atoms with Crippen LogP contribution in [0.3, 0.4) is 0 Å². The van der Waals surface area contributed by atoms with Gasteiger partial charge < -0.3 is 15.4 Å². The molecule has 1 unspecified atom stereocenters. The molecule has 24 heavy (non-hydrogen) atoms. The fraction of sp³-hybridized carbons (Fsp3) is 0.294. The number of benzene rings is 1. The van der Waals surface area contributed by atoms with Crippen LogP contribution in [0.2, 0.25) is 0 Å². The second-order valence-corrected chi connectivity index (χ2v) is 5.53. The van der Waals surface area contributed by atoms with Gasteiger partial charge in [-0.1, -0.05) is 0 Å². The lowest BCUT2D eigenvalue weighted by Crippen LogP contribution is -2.19. The van der Waals surface area contributed by atoms with Crippen LogP contribution in [0.5, 0.6) is 0 Å². The molecule has 1 fully saturated rings. The summed E-state index contributed by atoms with van der Waals surface area (Å²) in [6.07, 6.45) is 3.82. The summed E-state index contributed by atoms with van der Waals surface area (Å²) in [6, 6.07) is 6.41. The Hall–Kier alpha value is -2.54. The van der Waals surface area contributed by atoms with Gasteiger partial charge in [0.2, 0.25) is 0 Å². The van der Waals surface area contributed by atoms with E-state index in [-0.39, 0.29) is 11.7 Å². The third kappa shape index (κ3) is 4.05. The summed E-state index contributed by atoms with van der Waals surface area (Å²) in [5.74, 6) is -1.91. The molecule has 2 N–H and O–H groups in total. The van der Waals surface area contributed by atoms with Crippen molar-refractivity contribution in [1.82, 2.24) is 4.98 Å². The SMILES string of the molecule is O=C(Nc1ccc(NCC2CCCO2)nc1)c1ccc(F)c(F)c1. The predicted molar refractivity (Wildman–Crippen MR) is 86.0 cm³/mol. The molecule has 126 valence electrons. The molecule has 1 aliphatic heterocycles. The number of halogens is 2. The number of anilines is 2. The molecule has 2 aromatic rings. The van der Waals surface area contributed by atoms with Crippen LogP contribution in [0.1, 0.15) is 23.2 Å². The lowest BCUT2D eigenvalue weighted by Gasteiger charge is -2.11. The number of nitrogens with zero attached hydrogens (tertiary/aromatic N) is 1. The molecule has 1 saturated heterocycles. The molecule has 2 heterocycles. The van der Waals surface area contributed by atoms with Crippen LogP contribution >= 0.6 is 0 Å². The number of carbonyl (C=O) groups excluding carboxylic acids is 1. The Labute approximate surface area is 138 Å². The van der Waals surface area contributed by atoms with Gasteiger partial charge in [0, 0.05) is 18.7 Å². The van der Waals surface area contributed by atoms with E-state index in [9.17, 15) is 13.6 Å². The smallest absolute Gasteiger partial charge is 0.255 e. The van der Waals surface area contributed by atoms with Crippen molar-refractivity contribution in [3.63, 3.8) is 0 Å². The zero-order valence-corrected chi connectivity index (χ0v) is 12.9. The number of carbonyl (C=O) groups is 1. The summed E-state index contributed by atoms with van der Waals surface area (Å²) in [5, 5.41) is 5.76. The molecule has 1 aromatic heterocycles. The Bertz CT molecular complexity index is 716. The van der Waals surface area contributed by atoms with E-state index in [1.165, 1.54) is 12.3 Å². The van der Waals surface area contributed by atoms with Gasteiger partial charge in [0.05, 0.1) is 18.0 Å². The van der Waals surface area contributed by atoms with E-state index in [0.717, 1.165) is 31.6 Å². The van der Waals surface area contributed by atoms with Crippen LogP contribution in [0.15, 0.2) is 36.5 Å². The molecule has 3 rings (SSSR count). The fourth-order valence-corrected chi connectivity index (χ4v) is 2.44. The topological polar surface area (TPSA) is 63.2 Å². The quantitative estimate of drug-likeness (QED) is 0.882. The number of pyridine rings is 1. The molecule has 1 aromatic carbocycles. The van der Waals surface area contributed by atoms with E-state index in [2.05, 4.69) is 15.6 Å². The highest BCUT2D eigenvalue weighted by Gasteiger charge is 2.15. The number of hydrogen-bond acceptors (Lipinski definition) is 4. The van der Waals surface area contributed by atoms with Gasteiger partial charge in [-0.3, -0.25) is 4.79 Å². The zero-order chi connectivity index (χ0) is 16.9. The van der Waals surface area contributed by atoms with Gasteiger partial charge in [-0.15, -0.1) is 0 Å². The molecule has 0 radical (unpaired) electrons. The Morgan fingerprint density at radius 2 is 2.12 bits per heavy atom. The van der Waals surface area contributed by atoms with Crippen molar-refractivity contribution in [2.75, 3.05) is 23.8 Å². The number of ether oxygens (including phenoxy) is 1. The van der Waals surface area contributed by atoms with E-state index >= 15 is 0 Å². The minimum absolute atomic E-state index is 0.0366. The first kappa shape index (κ1) is 16.3. The minimum atomic E-state index is -1.06. The first-order valence-electron chi connectivity index (χ1n) is 7.70.